The third kappa shape index (κ3) is 1.88. The van der Waals surface area contributed by atoms with Gasteiger partial charge in [-0.25, -0.2) is 4.98 Å². The molecule has 1 heterocycles. The molecule has 1 aliphatic carbocycles. The van der Waals surface area contributed by atoms with E-state index in [4.69, 9.17) is 0 Å². The van der Waals surface area contributed by atoms with E-state index in [0.717, 1.165) is 23.7 Å². The summed E-state index contributed by atoms with van der Waals surface area (Å²) in [4.78, 5) is 4.47. The molecule has 2 rings (SSSR count). The molecule has 4 heteroatoms. The molecule has 2 unspecified atom stereocenters. The highest BCUT2D eigenvalue weighted by atomic mass is 32.1. The molecule has 84 valence electrons. The van der Waals surface area contributed by atoms with Crippen LogP contribution in [0.3, 0.4) is 0 Å². The molecule has 0 spiro atoms. The van der Waals surface area contributed by atoms with E-state index in [1.54, 1.807) is 11.3 Å². The van der Waals surface area contributed by atoms with Crippen LogP contribution in [0, 0.1) is 5.41 Å². The number of aliphatic hydroxyl groups is 1. The number of aryl methyl sites for hydroxylation is 1. The number of aliphatic hydroxyl groups excluding tert-OH is 1. The van der Waals surface area contributed by atoms with E-state index in [-0.39, 0.29) is 11.5 Å². The maximum atomic E-state index is 9.62. The van der Waals surface area contributed by atoms with Crippen LogP contribution in [0.4, 0.5) is 5.13 Å². The first-order valence-electron chi connectivity index (χ1n) is 5.43. The summed E-state index contributed by atoms with van der Waals surface area (Å²) >= 11 is 1.65. The van der Waals surface area contributed by atoms with Gasteiger partial charge in [0.05, 0.1) is 11.8 Å². The van der Waals surface area contributed by atoms with Gasteiger partial charge in [-0.15, -0.1) is 11.3 Å². The second-order valence-electron chi connectivity index (χ2n) is 4.77. The SMILES string of the molecule is CCc1csc(NC2CC(O)C2(C)C)n1. The topological polar surface area (TPSA) is 45.1 Å². The van der Waals surface area contributed by atoms with Crippen LogP contribution in [0.25, 0.3) is 0 Å². The fourth-order valence-corrected chi connectivity index (χ4v) is 2.68. The van der Waals surface area contributed by atoms with Gasteiger partial charge in [0.25, 0.3) is 0 Å². The van der Waals surface area contributed by atoms with E-state index >= 15 is 0 Å². The molecule has 0 bridgehead atoms. The molecule has 2 N–H and O–H groups in total. The van der Waals surface area contributed by atoms with Crippen molar-refractivity contribution >= 4 is 16.5 Å². The maximum Gasteiger partial charge on any atom is 0.183 e. The van der Waals surface area contributed by atoms with Gasteiger partial charge < -0.3 is 10.4 Å². The number of thiazole rings is 1. The van der Waals surface area contributed by atoms with E-state index in [1.807, 2.05) is 0 Å². The molecule has 0 aliphatic heterocycles. The lowest BCUT2D eigenvalue weighted by Crippen LogP contribution is -2.56. The van der Waals surface area contributed by atoms with E-state index < -0.39 is 0 Å². The minimum Gasteiger partial charge on any atom is -0.392 e. The molecule has 15 heavy (non-hydrogen) atoms. The van der Waals surface area contributed by atoms with Crippen molar-refractivity contribution in [2.24, 2.45) is 5.41 Å². The predicted molar refractivity (Wildman–Crippen MR) is 63.3 cm³/mol. The van der Waals surface area contributed by atoms with Crippen LogP contribution in [0.1, 0.15) is 32.9 Å². The van der Waals surface area contributed by atoms with Crippen LogP contribution in [0.5, 0.6) is 0 Å². The first kappa shape index (κ1) is 10.9. The highest BCUT2D eigenvalue weighted by Crippen LogP contribution is 2.42. The molecule has 1 aromatic heterocycles. The average molecular weight is 226 g/mol. The molecule has 0 amide bonds. The normalized spacial score (nSPS) is 28.5. The number of hydrogen-bond donors (Lipinski definition) is 2. The fraction of sp³-hybridized carbons (Fsp3) is 0.727. The molecule has 1 aliphatic rings. The number of hydrogen-bond acceptors (Lipinski definition) is 4. The summed E-state index contributed by atoms with van der Waals surface area (Å²) in [6.45, 7) is 6.29. The number of nitrogens with one attached hydrogen (secondary N) is 1. The van der Waals surface area contributed by atoms with Crippen LogP contribution >= 0.6 is 11.3 Å². The van der Waals surface area contributed by atoms with E-state index in [9.17, 15) is 5.11 Å². The second-order valence-corrected chi connectivity index (χ2v) is 5.63. The zero-order valence-corrected chi connectivity index (χ0v) is 10.3. The van der Waals surface area contributed by atoms with Crippen molar-refractivity contribution < 1.29 is 5.11 Å². The van der Waals surface area contributed by atoms with Crippen LogP contribution in [0.15, 0.2) is 5.38 Å². The van der Waals surface area contributed by atoms with Gasteiger partial charge in [-0.3, -0.25) is 0 Å². The number of anilines is 1. The van der Waals surface area contributed by atoms with Crippen molar-refractivity contribution in [1.82, 2.24) is 4.98 Å². The maximum absolute atomic E-state index is 9.62. The average Bonchev–Trinajstić information content (AvgIpc) is 2.65. The van der Waals surface area contributed by atoms with Crippen LogP contribution in [0.2, 0.25) is 0 Å². The minimum absolute atomic E-state index is 0.0297. The molecule has 1 aromatic rings. The Kier molecular flexibility index (Phi) is 2.73. The van der Waals surface area contributed by atoms with Gasteiger partial charge in [0.1, 0.15) is 0 Å². The van der Waals surface area contributed by atoms with Crippen LogP contribution in [-0.2, 0) is 6.42 Å². The summed E-state index contributed by atoms with van der Waals surface area (Å²) in [6.07, 6.45) is 1.63. The Morgan fingerprint density at radius 2 is 2.40 bits per heavy atom. The Labute approximate surface area is 94.5 Å². The number of rotatable bonds is 3. The fourth-order valence-electron chi connectivity index (χ4n) is 1.83. The summed E-state index contributed by atoms with van der Waals surface area (Å²) in [5, 5.41) is 16.1. The van der Waals surface area contributed by atoms with E-state index in [2.05, 4.69) is 36.5 Å². The Bertz CT molecular complexity index is 348. The summed E-state index contributed by atoms with van der Waals surface area (Å²) in [5.41, 5.74) is 1.11. The van der Waals surface area contributed by atoms with Crippen molar-refractivity contribution in [2.45, 2.75) is 45.8 Å². The monoisotopic (exact) mass is 226 g/mol. The van der Waals surface area contributed by atoms with Gasteiger partial charge in [-0.1, -0.05) is 20.8 Å². The van der Waals surface area contributed by atoms with Crippen molar-refractivity contribution in [3.8, 4) is 0 Å². The van der Waals surface area contributed by atoms with Gasteiger partial charge in [0, 0.05) is 16.8 Å². The third-order valence-corrected chi connectivity index (χ3v) is 4.25. The molecule has 3 nitrogen and oxygen atoms in total. The first-order valence-corrected chi connectivity index (χ1v) is 6.31. The Morgan fingerprint density at radius 3 is 2.87 bits per heavy atom. The zero-order valence-electron chi connectivity index (χ0n) is 9.45. The molecule has 2 atom stereocenters. The molecule has 1 fully saturated rings. The largest absolute Gasteiger partial charge is 0.392 e. The van der Waals surface area contributed by atoms with Crippen LogP contribution < -0.4 is 5.32 Å². The minimum atomic E-state index is -0.180. The molecular weight excluding hydrogens is 208 g/mol. The van der Waals surface area contributed by atoms with Crippen molar-refractivity contribution in [2.75, 3.05) is 5.32 Å². The summed E-state index contributed by atoms with van der Waals surface area (Å²) in [7, 11) is 0. The lowest BCUT2D eigenvalue weighted by Gasteiger charge is -2.49. The van der Waals surface area contributed by atoms with Gasteiger partial charge in [0.2, 0.25) is 0 Å². The van der Waals surface area contributed by atoms with Crippen molar-refractivity contribution in [3.63, 3.8) is 0 Å². The smallest absolute Gasteiger partial charge is 0.183 e. The number of nitrogens with zero attached hydrogens (tertiary/aromatic N) is 1. The molecule has 0 aromatic carbocycles. The lowest BCUT2D eigenvalue weighted by atomic mass is 9.65. The van der Waals surface area contributed by atoms with Gasteiger partial charge in [-0.2, -0.15) is 0 Å². The standard InChI is InChI=1S/C11H18N2OS/c1-4-7-6-15-10(12-7)13-8-5-9(14)11(8,2)3/h6,8-9,14H,4-5H2,1-3H3,(H,12,13). The highest BCUT2D eigenvalue weighted by molar-refractivity contribution is 7.13. The van der Waals surface area contributed by atoms with Crippen molar-refractivity contribution in [3.05, 3.63) is 11.1 Å². The lowest BCUT2D eigenvalue weighted by molar-refractivity contribution is -0.0510. The molecular formula is C11H18N2OS. The predicted octanol–water partition coefficient (Wildman–Crippen LogP) is 2.28. The molecule has 0 radical (unpaired) electrons. The van der Waals surface area contributed by atoms with Gasteiger partial charge >= 0.3 is 0 Å². The Balaban J connectivity index is 1.98. The second kappa shape index (κ2) is 3.76. The van der Waals surface area contributed by atoms with Gasteiger partial charge in [0.15, 0.2) is 5.13 Å². The first-order chi connectivity index (χ1) is 7.04. The molecule has 0 saturated heterocycles. The summed E-state index contributed by atoms with van der Waals surface area (Å²) < 4.78 is 0. The van der Waals surface area contributed by atoms with E-state index in [1.165, 1.54) is 0 Å². The highest BCUT2D eigenvalue weighted by Gasteiger charge is 2.47. The zero-order chi connectivity index (χ0) is 11.1. The number of aromatic nitrogens is 1. The quantitative estimate of drug-likeness (QED) is 0.831. The van der Waals surface area contributed by atoms with Gasteiger partial charge in [-0.05, 0) is 12.8 Å². The summed E-state index contributed by atoms with van der Waals surface area (Å²) in [5.74, 6) is 0. The molecule has 1 saturated carbocycles. The Morgan fingerprint density at radius 1 is 1.67 bits per heavy atom. The van der Waals surface area contributed by atoms with Crippen molar-refractivity contribution in [1.29, 1.82) is 0 Å². The summed E-state index contributed by atoms with van der Waals surface area (Å²) in [6, 6.07) is 0.350. The van der Waals surface area contributed by atoms with E-state index in [0.29, 0.717) is 6.04 Å². The Hall–Kier alpha value is -0.610. The van der Waals surface area contributed by atoms with Crippen LogP contribution in [-0.4, -0.2) is 22.2 Å². The third-order valence-electron chi connectivity index (χ3n) is 3.43.